The van der Waals surface area contributed by atoms with Crippen LogP contribution in [0.5, 0.6) is 0 Å². The van der Waals surface area contributed by atoms with Gasteiger partial charge in [-0.3, -0.25) is 9.36 Å². The monoisotopic (exact) mass is 323 g/mol. The van der Waals surface area contributed by atoms with Gasteiger partial charge in [-0.15, -0.1) is 0 Å². The van der Waals surface area contributed by atoms with Crippen LogP contribution in [0.15, 0.2) is 44.5 Å². The number of anilines is 1. The van der Waals surface area contributed by atoms with Gasteiger partial charge in [0.05, 0.1) is 6.54 Å². The first-order chi connectivity index (χ1) is 9.02. The van der Waals surface area contributed by atoms with E-state index < -0.39 is 0 Å². The van der Waals surface area contributed by atoms with Crippen molar-refractivity contribution >= 4 is 21.6 Å². The first-order valence-corrected chi connectivity index (χ1v) is 6.66. The third kappa shape index (κ3) is 2.78. The highest BCUT2D eigenvalue weighted by molar-refractivity contribution is 9.10. The van der Waals surface area contributed by atoms with E-state index >= 15 is 0 Å². The van der Waals surface area contributed by atoms with Crippen LogP contribution in [0, 0.1) is 0 Å². The van der Waals surface area contributed by atoms with Gasteiger partial charge in [0.15, 0.2) is 0 Å². The Morgan fingerprint density at radius 2 is 2.00 bits per heavy atom. The van der Waals surface area contributed by atoms with E-state index in [1.54, 1.807) is 12.1 Å². The summed E-state index contributed by atoms with van der Waals surface area (Å²) < 4.78 is 3.48. The number of rotatable bonds is 3. The molecule has 0 bridgehead atoms. The van der Waals surface area contributed by atoms with Crippen LogP contribution in [0.2, 0.25) is 0 Å². The second-order valence-electron chi connectivity index (χ2n) is 4.16. The number of aryl methyl sites for hydroxylation is 1. The first kappa shape index (κ1) is 13.6. The molecule has 0 aliphatic rings. The standard InChI is InChI=1S/C13H14BrN3O2/c1-2-16-6-5-12(18)17(13(16)19)8-9-3-4-10(14)11(15)7-9/h3-7H,2,8,15H2,1H3. The Morgan fingerprint density at radius 3 is 2.63 bits per heavy atom. The van der Waals surface area contributed by atoms with E-state index in [9.17, 15) is 9.59 Å². The zero-order valence-corrected chi connectivity index (χ0v) is 12.1. The third-order valence-corrected chi connectivity index (χ3v) is 3.60. The highest BCUT2D eigenvalue weighted by Gasteiger charge is 2.06. The van der Waals surface area contributed by atoms with Crippen LogP contribution in [0.3, 0.4) is 0 Å². The van der Waals surface area contributed by atoms with Crippen LogP contribution in [0.4, 0.5) is 5.69 Å². The molecule has 0 spiro atoms. The molecule has 0 aliphatic heterocycles. The zero-order chi connectivity index (χ0) is 14.0. The van der Waals surface area contributed by atoms with Crippen molar-refractivity contribution in [1.29, 1.82) is 0 Å². The highest BCUT2D eigenvalue weighted by Crippen LogP contribution is 2.20. The smallest absolute Gasteiger partial charge is 0.331 e. The fourth-order valence-corrected chi connectivity index (χ4v) is 2.06. The normalized spacial score (nSPS) is 10.6. The zero-order valence-electron chi connectivity index (χ0n) is 10.5. The minimum Gasteiger partial charge on any atom is -0.398 e. The summed E-state index contributed by atoms with van der Waals surface area (Å²) in [5, 5.41) is 0. The van der Waals surface area contributed by atoms with E-state index in [0.29, 0.717) is 12.2 Å². The maximum atomic E-state index is 12.1. The Bertz CT molecular complexity index is 719. The second kappa shape index (κ2) is 5.44. The van der Waals surface area contributed by atoms with Crippen molar-refractivity contribution in [3.63, 3.8) is 0 Å². The molecule has 1 heterocycles. The molecule has 2 rings (SSSR count). The average Bonchev–Trinajstić information content (AvgIpc) is 2.39. The number of aromatic nitrogens is 2. The number of nitrogen functional groups attached to an aromatic ring is 1. The molecule has 0 fully saturated rings. The SMILES string of the molecule is CCn1ccc(=O)n(Cc2ccc(Br)c(N)c2)c1=O. The number of hydrogen-bond acceptors (Lipinski definition) is 3. The lowest BCUT2D eigenvalue weighted by atomic mass is 10.2. The van der Waals surface area contributed by atoms with E-state index in [2.05, 4.69) is 15.9 Å². The molecule has 0 atom stereocenters. The molecule has 19 heavy (non-hydrogen) atoms. The molecule has 2 N–H and O–H groups in total. The van der Waals surface area contributed by atoms with Crippen LogP contribution in [-0.2, 0) is 13.1 Å². The van der Waals surface area contributed by atoms with Crippen LogP contribution in [-0.4, -0.2) is 9.13 Å². The number of nitrogens with zero attached hydrogens (tertiary/aromatic N) is 2. The van der Waals surface area contributed by atoms with E-state index in [1.807, 2.05) is 13.0 Å². The minimum atomic E-state index is -0.309. The molecular formula is C13H14BrN3O2. The molecule has 6 heteroatoms. The summed E-state index contributed by atoms with van der Waals surface area (Å²) in [4.78, 5) is 23.8. The third-order valence-electron chi connectivity index (χ3n) is 2.88. The lowest BCUT2D eigenvalue weighted by Crippen LogP contribution is -2.38. The molecule has 1 aromatic heterocycles. The minimum absolute atomic E-state index is 0.218. The van der Waals surface area contributed by atoms with Gasteiger partial charge in [-0.2, -0.15) is 0 Å². The summed E-state index contributed by atoms with van der Waals surface area (Å²) in [5.74, 6) is 0. The van der Waals surface area contributed by atoms with Gasteiger partial charge in [0.25, 0.3) is 5.56 Å². The summed E-state index contributed by atoms with van der Waals surface area (Å²) in [6.45, 7) is 2.60. The van der Waals surface area contributed by atoms with Crippen molar-refractivity contribution in [2.45, 2.75) is 20.0 Å². The molecule has 0 unspecified atom stereocenters. The first-order valence-electron chi connectivity index (χ1n) is 5.87. The molecule has 5 nitrogen and oxygen atoms in total. The van der Waals surface area contributed by atoms with Gasteiger partial charge in [-0.1, -0.05) is 6.07 Å². The van der Waals surface area contributed by atoms with Crippen LogP contribution in [0.25, 0.3) is 0 Å². The molecule has 2 aromatic rings. The molecule has 100 valence electrons. The molecule has 0 saturated carbocycles. The Morgan fingerprint density at radius 1 is 1.26 bits per heavy atom. The predicted octanol–water partition coefficient (Wildman–Crippen LogP) is 1.42. The van der Waals surface area contributed by atoms with E-state index in [0.717, 1.165) is 10.0 Å². The number of nitrogens with two attached hydrogens (primary N) is 1. The molecule has 0 aliphatic carbocycles. The van der Waals surface area contributed by atoms with Crippen molar-refractivity contribution < 1.29 is 0 Å². The van der Waals surface area contributed by atoms with Crippen LogP contribution >= 0.6 is 15.9 Å². The molecular weight excluding hydrogens is 310 g/mol. The van der Waals surface area contributed by atoms with Crippen molar-refractivity contribution in [2.24, 2.45) is 0 Å². The second-order valence-corrected chi connectivity index (χ2v) is 5.02. The maximum Gasteiger partial charge on any atom is 0.331 e. The fourth-order valence-electron chi connectivity index (χ4n) is 1.82. The predicted molar refractivity (Wildman–Crippen MR) is 78.3 cm³/mol. The quantitative estimate of drug-likeness (QED) is 0.868. The van der Waals surface area contributed by atoms with Gasteiger partial charge < -0.3 is 10.3 Å². The lowest BCUT2D eigenvalue weighted by molar-refractivity contribution is 0.600. The highest BCUT2D eigenvalue weighted by atomic mass is 79.9. The summed E-state index contributed by atoms with van der Waals surface area (Å²) in [6, 6.07) is 6.78. The summed E-state index contributed by atoms with van der Waals surface area (Å²) in [7, 11) is 0. The average molecular weight is 324 g/mol. The molecule has 0 radical (unpaired) electrons. The topological polar surface area (TPSA) is 70.0 Å². The van der Waals surface area contributed by atoms with Crippen molar-refractivity contribution in [2.75, 3.05) is 5.73 Å². The van der Waals surface area contributed by atoms with Crippen LogP contribution < -0.4 is 17.0 Å². The van der Waals surface area contributed by atoms with Crippen molar-refractivity contribution in [3.05, 3.63) is 61.3 Å². The number of halogens is 1. The van der Waals surface area contributed by atoms with Crippen molar-refractivity contribution in [1.82, 2.24) is 9.13 Å². The maximum absolute atomic E-state index is 12.1. The van der Waals surface area contributed by atoms with Gasteiger partial charge in [-0.05, 0) is 40.5 Å². The van der Waals surface area contributed by atoms with Gasteiger partial charge in [-0.25, -0.2) is 4.79 Å². The Labute approximate surface area is 118 Å². The number of benzene rings is 1. The fraction of sp³-hybridized carbons (Fsp3) is 0.231. The largest absolute Gasteiger partial charge is 0.398 e. The van der Waals surface area contributed by atoms with Crippen molar-refractivity contribution in [3.8, 4) is 0 Å². The summed E-state index contributed by atoms with van der Waals surface area (Å²) in [6.07, 6.45) is 1.51. The Balaban J connectivity index is 2.46. The molecule has 0 amide bonds. The Kier molecular flexibility index (Phi) is 3.90. The van der Waals surface area contributed by atoms with Gasteiger partial charge in [0, 0.05) is 29.0 Å². The summed E-state index contributed by atoms with van der Waals surface area (Å²) in [5.41, 5.74) is 6.57. The van der Waals surface area contributed by atoms with Gasteiger partial charge in [0.2, 0.25) is 0 Å². The van der Waals surface area contributed by atoms with Crippen LogP contribution in [0.1, 0.15) is 12.5 Å². The van der Waals surface area contributed by atoms with E-state index in [4.69, 9.17) is 5.73 Å². The molecule has 1 aromatic carbocycles. The Hall–Kier alpha value is -1.82. The number of hydrogen-bond donors (Lipinski definition) is 1. The molecule has 0 saturated heterocycles. The summed E-state index contributed by atoms with van der Waals surface area (Å²) >= 11 is 3.31. The van der Waals surface area contributed by atoms with E-state index in [1.165, 1.54) is 21.4 Å². The van der Waals surface area contributed by atoms with E-state index in [-0.39, 0.29) is 17.8 Å². The van der Waals surface area contributed by atoms with Gasteiger partial charge in [0.1, 0.15) is 0 Å². The van der Waals surface area contributed by atoms with Gasteiger partial charge >= 0.3 is 5.69 Å². The lowest BCUT2D eigenvalue weighted by Gasteiger charge is -2.09.